The maximum absolute atomic E-state index is 12.6. The summed E-state index contributed by atoms with van der Waals surface area (Å²) in [6.07, 6.45) is 0. The number of hydrogen-bond acceptors (Lipinski definition) is 3. The van der Waals surface area contributed by atoms with Gasteiger partial charge in [0.25, 0.3) is 0 Å². The monoisotopic (exact) mass is 314 g/mol. The number of aryl methyl sites for hydroxylation is 1. The minimum Gasteiger partial charge on any atom is -0.218 e. The maximum Gasteiger partial charge on any atom is 0.215 e. The molecule has 21 heavy (non-hydrogen) atoms. The Balaban J connectivity index is 2.01. The summed E-state index contributed by atoms with van der Waals surface area (Å²) in [7, 11) is -3.42. The molecule has 2 nitrogen and oxygen atoms in total. The Bertz CT molecular complexity index is 845. The molecule has 0 fully saturated rings. The van der Waals surface area contributed by atoms with Crippen molar-refractivity contribution >= 4 is 21.2 Å². The highest BCUT2D eigenvalue weighted by molar-refractivity contribution is 7.93. The molecule has 1 heterocycles. The Morgan fingerprint density at radius 3 is 2.14 bits per heavy atom. The summed E-state index contributed by atoms with van der Waals surface area (Å²) in [5, 5.41) is 0. The van der Waals surface area contributed by atoms with E-state index in [1.807, 2.05) is 55.5 Å². The second-order valence-electron chi connectivity index (χ2n) is 4.80. The highest BCUT2D eigenvalue weighted by atomic mass is 32.2. The molecule has 1 aromatic heterocycles. The van der Waals surface area contributed by atoms with Gasteiger partial charge in [0, 0.05) is 4.88 Å². The molecule has 0 aliphatic rings. The number of rotatable bonds is 3. The molecule has 3 aromatic rings. The Kier molecular flexibility index (Phi) is 3.66. The van der Waals surface area contributed by atoms with Crippen molar-refractivity contribution in [3.8, 4) is 10.4 Å². The average molecular weight is 314 g/mol. The normalized spacial score (nSPS) is 11.5. The quantitative estimate of drug-likeness (QED) is 0.710. The van der Waals surface area contributed by atoms with Gasteiger partial charge in [-0.1, -0.05) is 48.0 Å². The van der Waals surface area contributed by atoms with Crippen molar-refractivity contribution in [1.29, 1.82) is 0 Å². The number of hydrogen-bond donors (Lipinski definition) is 0. The SMILES string of the molecule is Cc1ccc(S(=O)(=O)c2ccc(-c3ccccc3)s2)cc1. The van der Waals surface area contributed by atoms with Crippen LogP contribution in [0.25, 0.3) is 10.4 Å². The summed E-state index contributed by atoms with van der Waals surface area (Å²) in [6, 6.07) is 20.3. The van der Waals surface area contributed by atoms with Gasteiger partial charge in [-0.25, -0.2) is 8.42 Å². The van der Waals surface area contributed by atoms with Gasteiger partial charge in [0.05, 0.1) is 4.90 Å². The minimum atomic E-state index is -3.42. The van der Waals surface area contributed by atoms with Crippen molar-refractivity contribution < 1.29 is 8.42 Å². The van der Waals surface area contributed by atoms with Crippen LogP contribution in [0.3, 0.4) is 0 Å². The zero-order valence-corrected chi connectivity index (χ0v) is 13.1. The molecule has 0 aliphatic carbocycles. The van der Waals surface area contributed by atoms with Gasteiger partial charge in [0.15, 0.2) is 0 Å². The van der Waals surface area contributed by atoms with Gasteiger partial charge in [-0.15, -0.1) is 11.3 Å². The van der Waals surface area contributed by atoms with Gasteiger partial charge < -0.3 is 0 Å². The lowest BCUT2D eigenvalue weighted by molar-refractivity contribution is 0.598. The van der Waals surface area contributed by atoms with Crippen molar-refractivity contribution in [2.24, 2.45) is 0 Å². The van der Waals surface area contributed by atoms with E-state index in [2.05, 4.69) is 0 Å². The van der Waals surface area contributed by atoms with Crippen LogP contribution in [0.1, 0.15) is 5.56 Å². The first-order chi connectivity index (χ1) is 10.1. The van der Waals surface area contributed by atoms with Crippen LogP contribution >= 0.6 is 11.3 Å². The molecule has 2 aromatic carbocycles. The Morgan fingerprint density at radius 1 is 0.810 bits per heavy atom. The third kappa shape index (κ3) is 2.77. The lowest BCUT2D eigenvalue weighted by atomic mass is 10.2. The van der Waals surface area contributed by atoms with Gasteiger partial charge in [0.2, 0.25) is 9.84 Å². The average Bonchev–Trinajstić information content (AvgIpc) is 2.99. The van der Waals surface area contributed by atoms with Crippen LogP contribution in [0, 0.1) is 6.92 Å². The molecular formula is C17H14O2S2. The van der Waals surface area contributed by atoms with Crippen molar-refractivity contribution in [3.63, 3.8) is 0 Å². The summed E-state index contributed by atoms with van der Waals surface area (Å²) in [5.41, 5.74) is 2.08. The third-order valence-electron chi connectivity index (χ3n) is 3.24. The van der Waals surface area contributed by atoms with E-state index >= 15 is 0 Å². The van der Waals surface area contributed by atoms with Crippen molar-refractivity contribution in [3.05, 3.63) is 72.3 Å². The molecule has 0 saturated heterocycles. The fraction of sp³-hybridized carbons (Fsp3) is 0.0588. The predicted octanol–water partition coefficient (Wildman–Crippen LogP) is 4.56. The molecule has 0 spiro atoms. The van der Waals surface area contributed by atoms with Gasteiger partial charge in [-0.2, -0.15) is 0 Å². The highest BCUT2D eigenvalue weighted by Crippen LogP contribution is 2.33. The molecule has 0 saturated carbocycles. The first-order valence-corrected chi connectivity index (χ1v) is 8.84. The van der Waals surface area contributed by atoms with E-state index in [1.165, 1.54) is 11.3 Å². The molecule has 0 aliphatic heterocycles. The molecule has 0 bridgehead atoms. The fourth-order valence-corrected chi connectivity index (χ4v) is 4.77. The van der Waals surface area contributed by atoms with Crippen molar-refractivity contribution in [2.75, 3.05) is 0 Å². The molecular weight excluding hydrogens is 300 g/mol. The van der Waals surface area contributed by atoms with E-state index in [0.717, 1.165) is 16.0 Å². The van der Waals surface area contributed by atoms with Gasteiger partial charge in [-0.05, 0) is 36.8 Å². The second kappa shape index (κ2) is 5.47. The van der Waals surface area contributed by atoms with E-state index in [-0.39, 0.29) is 0 Å². The minimum absolute atomic E-state index is 0.342. The largest absolute Gasteiger partial charge is 0.218 e. The summed E-state index contributed by atoms with van der Waals surface area (Å²) in [6.45, 7) is 1.94. The van der Waals surface area contributed by atoms with Crippen LogP contribution in [0.15, 0.2) is 75.8 Å². The van der Waals surface area contributed by atoms with Crippen LogP contribution in [-0.4, -0.2) is 8.42 Å². The first kappa shape index (κ1) is 14.0. The van der Waals surface area contributed by atoms with Crippen molar-refractivity contribution in [1.82, 2.24) is 0 Å². The molecule has 4 heteroatoms. The summed E-state index contributed by atoms with van der Waals surface area (Å²) < 4.78 is 25.6. The first-order valence-electron chi connectivity index (χ1n) is 6.54. The van der Waals surface area contributed by atoms with E-state index in [1.54, 1.807) is 18.2 Å². The van der Waals surface area contributed by atoms with Crippen LogP contribution < -0.4 is 0 Å². The van der Waals surface area contributed by atoms with Gasteiger partial charge in [-0.3, -0.25) is 0 Å². The Morgan fingerprint density at radius 2 is 1.48 bits per heavy atom. The van der Waals surface area contributed by atoms with Gasteiger partial charge >= 0.3 is 0 Å². The Hall–Kier alpha value is -1.91. The molecule has 3 rings (SSSR count). The molecule has 0 amide bonds. The molecule has 106 valence electrons. The lowest BCUT2D eigenvalue weighted by Crippen LogP contribution is -1.99. The summed E-state index contributed by atoms with van der Waals surface area (Å²) in [4.78, 5) is 1.30. The summed E-state index contributed by atoms with van der Waals surface area (Å²) in [5.74, 6) is 0. The smallest absolute Gasteiger partial charge is 0.215 e. The zero-order valence-electron chi connectivity index (χ0n) is 11.5. The second-order valence-corrected chi connectivity index (χ2v) is 8.06. The summed E-state index contributed by atoms with van der Waals surface area (Å²) >= 11 is 1.30. The molecule has 0 radical (unpaired) electrons. The molecule has 0 atom stereocenters. The van der Waals surface area contributed by atoms with E-state index in [4.69, 9.17) is 0 Å². The van der Waals surface area contributed by atoms with E-state index < -0.39 is 9.84 Å². The Labute approximate surface area is 128 Å². The molecule has 0 unspecified atom stereocenters. The number of sulfone groups is 1. The standard InChI is InChI=1S/C17H14O2S2/c1-13-7-9-15(10-8-13)21(18,19)17-12-11-16(20-17)14-5-3-2-4-6-14/h2-12H,1H3. The van der Waals surface area contributed by atoms with E-state index in [9.17, 15) is 8.42 Å². The van der Waals surface area contributed by atoms with Crippen LogP contribution in [0.5, 0.6) is 0 Å². The predicted molar refractivity (Wildman–Crippen MR) is 86.4 cm³/mol. The fourth-order valence-electron chi connectivity index (χ4n) is 2.06. The van der Waals surface area contributed by atoms with Crippen molar-refractivity contribution in [2.45, 2.75) is 16.0 Å². The number of benzene rings is 2. The van der Waals surface area contributed by atoms with Crippen LogP contribution in [0.2, 0.25) is 0 Å². The van der Waals surface area contributed by atoms with Gasteiger partial charge in [0.1, 0.15) is 4.21 Å². The van der Waals surface area contributed by atoms with E-state index in [0.29, 0.717) is 9.10 Å². The third-order valence-corrected chi connectivity index (χ3v) is 6.63. The topological polar surface area (TPSA) is 34.1 Å². The maximum atomic E-state index is 12.6. The van der Waals surface area contributed by atoms with Crippen LogP contribution in [0.4, 0.5) is 0 Å². The molecule has 0 N–H and O–H groups in total. The van der Waals surface area contributed by atoms with Crippen LogP contribution in [-0.2, 0) is 9.84 Å². The zero-order chi connectivity index (χ0) is 14.9. The highest BCUT2D eigenvalue weighted by Gasteiger charge is 2.20. The lowest BCUT2D eigenvalue weighted by Gasteiger charge is -2.02. The number of thiophene rings is 1.